The molecule has 0 bridgehead atoms. The van der Waals surface area contributed by atoms with Gasteiger partial charge in [-0.1, -0.05) is 0 Å². The van der Waals surface area contributed by atoms with Gasteiger partial charge in [-0.2, -0.15) is 0 Å². The van der Waals surface area contributed by atoms with E-state index in [1.165, 1.54) is 24.1 Å². The van der Waals surface area contributed by atoms with Crippen LogP contribution in [0.5, 0.6) is 0 Å². The van der Waals surface area contributed by atoms with Crippen molar-refractivity contribution in [1.82, 2.24) is 19.9 Å². The molecule has 1 saturated heterocycles. The fourth-order valence-electron chi connectivity index (χ4n) is 2.92. The van der Waals surface area contributed by atoms with Gasteiger partial charge in [-0.05, 0) is 44.0 Å². The van der Waals surface area contributed by atoms with Crippen LogP contribution in [0.25, 0.3) is 0 Å². The molecular weight excluding hydrogens is 250 g/mol. The number of aromatic amines is 1. The Morgan fingerprint density at radius 2 is 2.35 bits per heavy atom. The van der Waals surface area contributed by atoms with Crippen LogP contribution >= 0.6 is 0 Å². The molecule has 0 radical (unpaired) electrons. The van der Waals surface area contributed by atoms with Crippen LogP contribution in [0.15, 0.2) is 24.7 Å². The van der Waals surface area contributed by atoms with Crippen LogP contribution in [-0.2, 0) is 6.54 Å². The lowest BCUT2D eigenvalue weighted by Gasteiger charge is -2.24. The molecule has 0 saturated carbocycles. The number of hydrogen-bond acceptors (Lipinski definition) is 4. The lowest BCUT2D eigenvalue weighted by molar-refractivity contribution is 0.245. The van der Waals surface area contributed by atoms with Crippen LogP contribution in [0.3, 0.4) is 0 Å². The average molecular weight is 271 g/mol. The molecule has 1 aliphatic rings. The van der Waals surface area contributed by atoms with Crippen molar-refractivity contribution in [2.75, 3.05) is 18.9 Å². The Labute approximate surface area is 119 Å². The Morgan fingerprint density at radius 1 is 1.45 bits per heavy atom. The molecule has 2 aromatic heterocycles. The van der Waals surface area contributed by atoms with Gasteiger partial charge in [-0.25, -0.2) is 9.97 Å². The van der Waals surface area contributed by atoms with Crippen molar-refractivity contribution >= 4 is 5.82 Å². The zero-order valence-electron chi connectivity index (χ0n) is 12.1. The molecule has 0 aromatic carbocycles. The molecule has 1 fully saturated rings. The van der Waals surface area contributed by atoms with Gasteiger partial charge in [0.25, 0.3) is 0 Å². The molecule has 0 amide bonds. The van der Waals surface area contributed by atoms with Crippen molar-refractivity contribution in [3.63, 3.8) is 0 Å². The van der Waals surface area contributed by atoms with Gasteiger partial charge >= 0.3 is 0 Å². The van der Waals surface area contributed by atoms with Gasteiger partial charge in [-0.15, -0.1) is 0 Å². The highest BCUT2D eigenvalue weighted by atomic mass is 15.2. The second-order valence-electron chi connectivity index (χ2n) is 5.33. The number of nitrogens with zero attached hydrogens (tertiary/aromatic N) is 3. The van der Waals surface area contributed by atoms with Crippen molar-refractivity contribution in [2.24, 2.45) is 0 Å². The number of aryl methyl sites for hydroxylation is 1. The van der Waals surface area contributed by atoms with Crippen LogP contribution in [0.4, 0.5) is 5.82 Å². The Balaban J connectivity index is 1.79. The molecule has 106 valence electrons. The topological polar surface area (TPSA) is 56.8 Å². The molecule has 0 spiro atoms. The second-order valence-corrected chi connectivity index (χ2v) is 5.33. The van der Waals surface area contributed by atoms with Gasteiger partial charge in [0.15, 0.2) is 0 Å². The summed E-state index contributed by atoms with van der Waals surface area (Å²) >= 11 is 0. The molecule has 1 atom stereocenters. The van der Waals surface area contributed by atoms with Gasteiger partial charge in [0.1, 0.15) is 5.82 Å². The molecule has 1 aliphatic heterocycles. The van der Waals surface area contributed by atoms with Crippen molar-refractivity contribution in [3.05, 3.63) is 41.6 Å². The Hall–Kier alpha value is -1.88. The summed E-state index contributed by atoms with van der Waals surface area (Å²) in [6.07, 6.45) is 6.11. The smallest absolute Gasteiger partial charge is 0.125 e. The van der Waals surface area contributed by atoms with E-state index < -0.39 is 0 Å². The molecule has 5 nitrogen and oxygen atoms in total. The summed E-state index contributed by atoms with van der Waals surface area (Å²) in [5, 5.41) is 3.11. The molecule has 20 heavy (non-hydrogen) atoms. The van der Waals surface area contributed by atoms with Crippen molar-refractivity contribution < 1.29 is 0 Å². The Morgan fingerprint density at radius 3 is 3.10 bits per heavy atom. The van der Waals surface area contributed by atoms with Gasteiger partial charge in [-0.3, -0.25) is 4.90 Å². The third kappa shape index (κ3) is 2.54. The van der Waals surface area contributed by atoms with Crippen molar-refractivity contribution in [1.29, 1.82) is 0 Å². The quantitative estimate of drug-likeness (QED) is 0.897. The third-order valence-electron chi connectivity index (χ3n) is 4.08. The summed E-state index contributed by atoms with van der Waals surface area (Å²) in [6, 6.07) is 4.75. The number of imidazole rings is 1. The molecule has 2 aromatic rings. The van der Waals surface area contributed by atoms with Crippen molar-refractivity contribution in [3.8, 4) is 0 Å². The van der Waals surface area contributed by atoms with Gasteiger partial charge in [0.2, 0.25) is 0 Å². The number of rotatable bonds is 4. The molecule has 1 unspecified atom stereocenters. The summed E-state index contributed by atoms with van der Waals surface area (Å²) in [5.41, 5.74) is 3.66. The molecule has 0 aliphatic carbocycles. The number of anilines is 1. The number of aromatic nitrogens is 3. The molecule has 2 N–H and O–H groups in total. The normalized spacial score (nSPS) is 19.4. The van der Waals surface area contributed by atoms with Crippen LogP contribution in [0.2, 0.25) is 0 Å². The van der Waals surface area contributed by atoms with E-state index in [0.29, 0.717) is 6.04 Å². The minimum atomic E-state index is 0.473. The third-order valence-corrected chi connectivity index (χ3v) is 4.08. The fourth-order valence-corrected chi connectivity index (χ4v) is 2.92. The van der Waals surface area contributed by atoms with E-state index in [1.54, 1.807) is 6.33 Å². The standard InChI is InChI=1S/C15H21N5/c1-11-13(19-10-18-11)9-20-7-3-4-14(20)12-5-6-17-15(8-12)16-2/h5-6,8,10,14H,3-4,7,9H2,1-2H3,(H,16,17)(H,18,19). The highest BCUT2D eigenvalue weighted by Gasteiger charge is 2.27. The van der Waals surface area contributed by atoms with Crippen LogP contribution in [-0.4, -0.2) is 33.4 Å². The molecule has 5 heteroatoms. The highest BCUT2D eigenvalue weighted by Crippen LogP contribution is 2.33. The summed E-state index contributed by atoms with van der Waals surface area (Å²) in [4.78, 5) is 14.4. The van der Waals surface area contributed by atoms with Crippen molar-refractivity contribution in [2.45, 2.75) is 32.4 Å². The molecule has 3 heterocycles. The van der Waals surface area contributed by atoms with E-state index in [-0.39, 0.29) is 0 Å². The lowest BCUT2D eigenvalue weighted by Crippen LogP contribution is -2.23. The molecule has 3 rings (SSSR count). The minimum Gasteiger partial charge on any atom is -0.373 e. The number of hydrogen-bond donors (Lipinski definition) is 2. The van der Waals surface area contributed by atoms with E-state index >= 15 is 0 Å². The largest absolute Gasteiger partial charge is 0.373 e. The summed E-state index contributed by atoms with van der Waals surface area (Å²) in [6.45, 7) is 4.13. The summed E-state index contributed by atoms with van der Waals surface area (Å²) in [7, 11) is 1.91. The Kier molecular flexibility index (Phi) is 3.69. The van der Waals surface area contributed by atoms with E-state index in [0.717, 1.165) is 24.6 Å². The Bertz CT molecular complexity index is 577. The predicted molar refractivity (Wildman–Crippen MR) is 79.5 cm³/mol. The van der Waals surface area contributed by atoms with Gasteiger partial charge in [0.05, 0.1) is 12.0 Å². The average Bonchev–Trinajstić information content (AvgIpc) is 3.09. The summed E-state index contributed by atoms with van der Waals surface area (Å²) < 4.78 is 0. The maximum absolute atomic E-state index is 4.42. The second kappa shape index (κ2) is 5.63. The zero-order valence-corrected chi connectivity index (χ0v) is 12.1. The first-order chi connectivity index (χ1) is 9.78. The van der Waals surface area contributed by atoms with Gasteiger partial charge < -0.3 is 10.3 Å². The maximum atomic E-state index is 4.42. The van der Waals surface area contributed by atoms with E-state index in [4.69, 9.17) is 0 Å². The lowest BCUT2D eigenvalue weighted by atomic mass is 10.1. The zero-order chi connectivity index (χ0) is 13.9. The van der Waals surface area contributed by atoms with Gasteiger partial charge in [0, 0.05) is 31.5 Å². The minimum absolute atomic E-state index is 0.473. The number of pyridine rings is 1. The predicted octanol–water partition coefficient (Wildman–Crippen LogP) is 2.49. The SMILES string of the molecule is CNc1cc(C2CCCN2Cc2nc[nH]c2C)ccn1. The van der Waals surface area contributed by atoms with E-state index in [9.17, 15) is 0 Å². The maximum Gasteiger partial charge on any atom is 0.125 e. The molecular formula is C15H21N5. The first-order valence-electron chi connectivity index (χ1n) is 7.14. The number of nitrogens with one attached hydrogen (secondary N) is 2. The van der Waals surface area contributed by atoms with Crippen LogP contribution < -0.4 is 5.32 Å². The first kappa shape index (κ1) is 13.1. The number of likely N-dealkylation sites (tertiary alicyclic amines) is 1. The highest BCUT2D eigenvalue weighted by molar-refractivity contribution is 5.38. The summed E-state index contributed by atoms with van der Waals surface area (Å²) in [5.74, 6) is 0.935. The van der Waals surface area contributed by atoms with E-state index in [2.05, 4.69) is 44.2 Å². The van der Waals surface area contributed by atoms with Crippen LogP contribution in [0.1, 0.15) is 35.8 Å². The van der Waals surface area contributed by atoms with Crippen LogP contribution in [0, 0.1) is 6.92 Å². The fraction of sp³-hybridized carbons (Fsp3) is 0.467. The van der Waals surface area contributed by atoms with E-state index in [1.807, 2.05) is 13.2 Å². The first-order valence-corrected chi connectivity index (χ1v) is 7.14. The number of H-pyrrole nitrogens is 1. The monoisotopic (exact) mass is 271 g/mol.